The number of hydrogen-bond acceptors (Lipinski definition) is 6. The first-order valence-electron chi connectivity index (χ1n) is 9.99. The largest absolute Gasteiger partial charge is 0.550 e. The molecule has 2 aromatic heterocycles. The number of carbonyl (C=O) groups excluding carboxylic acids is 1. The Labute approximate surface area is 189 Å². The second-order valence-electron chi connectivity index (χ2n) is 6.80. The van der Waals surface area contributed by atoms with E-state index in [4.69, 9.17) is 9.90 Å². The third-order valence-electron chi connectivity index (χ3n) is 4.75. The number of para-hydroxylation sites is 1. The Morgan fingerprint density at radius 2 is 1.84 bits per heavy atom. The SMILES string of the molecule is CC(=O)[O-].CCn1c(=O)/c(=C2/Sc3ccccc3N2C)s/c1=C/c1cccc[n+]1CC. The molecule has 1 aliphatic heterocycles. The number of carboxylic acid groups (broad SMARTS) is 1. The molecule has 1 aliphatic rings. The quantitative estimate of drug-likeness (QED) is 0.554. The molecule has 3 heterocycles. The molecule has 0 fully saturated rings. The van der Waals surface area contributed by atoms with Crippen LogP contribution in [0.25, 0.3) is 11.1 Å². The summed E-state index contributed by atoms with van der Waals surface area (Å²) in [5.74, 6) is -1.08. The Hall–Kier alpha value is -2.84. The number of nitrogens with zero attached hydrogens (tertiary/aromatic N) is 3. The van der Waals surface area contributed by atoms with Crippen molar-refractivity contribution in [3.63, 3.8) is 0 Å². The Kier molecular flexibility index (Phi) is 7.35. The van der Waals surface area contributed by atoms with Gasteiger partial charge in [0.15, 0.2) is 6.20 Å². The number of aliphatic carboxylic acids is 1. The van der Waals surface area contributed by atoms with Crippen LogP contribution in [-0.2, 0) is 17.9 Å². The second-order valence-corrected chi connectivity index (χ2v) is 8.86. The van der Waals surface area contributed by atoms with Gasteiger partial charge in [0.2, 0.25) is 5.69 Å². The summed E-state index contributed by atoms with van der Waals surface area (Å²) in [5, 5.41) is 9.91. The van der Waals surface area contributed by atoms with Crippen LogP contribution in [0.4, 0.5) is 5.69 Å². The van der Waals surface area contributed by atoms with Crippen molar-refractivity contribution in [3.05, 3.63) is 73.9 Å². The minimum atomic E-state index is -1.08. The first-order valence-corrected chi connectivity index (χ1v) is 11.6. The molecule has 0 unspecified atom stereocenters. The number of aromatic nitrogens is 2. The van der Waals surface area contributed by atoms with Gasteiger partial charge < -0.3 is 14.8 Å². The molecule has 162 valence electrons. The highest BCUT2D eigenvalue weighted by Gasteiger charge is 2.24. The Bertz CT molecular complexity index is 1270. The van der Waals surface area contributed by atoms with Crippen LogP contribution in [-0.4, -0.2) is 17.6 Å². The average Bonchev–Trinajstić information content (AvgIpc) is 3.24. The molecular formula is C23H25N3O3S2. The molecule has 0 saturated heterocycles. The predicted molar refractivity (Wildman–Crippen MR) is 124 cm³/mol. The van der Waals surface area contributed by atoms with E-state index in [1.165, 1.54) is 4.90 Å². The van der Waals surface area contributed by atoms with Crippen molar-refractivity contribution >= 4 is 45.9 Å². The number of pyridine rings is 1. The van der Waals surface area contributed by atoms with Gasteiger partial charge in [-0.15, -0.1) is 11.3 Å². The van der Waals surface area contributed by atoms with Crippen LogP contribution in [0.5, 0.6) is 0 Å². The van der Waals surface area contributed by atoms with Crippen LogP contribution in [0.1, 0.15) is 26.5 Å². The number of carboxylic acids is 1. The zero-order valence-corrected chi connectivity index (χ0v) is 19.6. The van der Waals surface area contributed by atoms with E-state index in [9.17, 15) is 4.79 Å². The number of hydrogen-bond donors (Lipinski definition) is 0. The van der Waals surface area contributed by atoms with Crippen LogP contribution in [0.3, 0.4) is 0 Å². The Balaban J connectivity index is 0.000000628. The van der Waals surface area contributed by atoms with Crippen LogP contribution in [0.15, 0.2) is 58.4 Å². The van der Waals surface area contributed by atoms with E-state index < -0.39 is 5.97 Å². The summed E-state index contributed by atoms with van der Waals surface area (Å²) in [6, 6.07) is 14.4. The molecule has 6 nitrogen and oxygen atoms in total. The van der Waals surface area contributed by atoms with E-state index in [1.807, 2.05) is 42.8 Å². The Morgan fingerprint density at radius 1 is 1.16 bits per heavy atom. The minimum absolute atomic E-state index is 0.0925. The number of anilines is 1. The summed E-state index contributed by atoms with van der Waals surface area (Å²) in [6.45, 7) is 6.68. The van der Waals surface area contributed by atoms with Gasteiger partial charge in [-0.1, -0.05) is 23.9 Å². The van der Waals surface area contributed by atoms with Crippen molar-refractivity contribution in [2.24, 2.45) is 0 Å². The molecule has 0 aliphatic carbocycles. The first kappa shape index (κ1) is 22.8. The highest BCUT2D eigenvalue weighted by molar-refractivity contribution is 8.08. The van der Waals surface area contributed by atoms with Gasteiger partial charge in [-0.3, -0.25) is 9.36 Å². The van der Waals surface area contributed by atoms with Gasteiger partial charge in [0.25, 0.3) is 5.56 Å². The van der Waals surface area contributed by atoms with E-state index in [-0.39, 0.29) is 5.56 Å². The van der Waals surface area contributed by atoms with Crippen molar-refractivity contribution in [2.45, 2.75) is 38.8 Å². The van der Waals surface area contributed by atoms with Gasteiger partial charge >= 0.3 is 0 Å². The Morgan fingerprint density at radius 3 is 2.48 bits per heavy atom. The molecule has 8 heteroatoms. The van der Waals surface area contributed by atoms with Gasteiger partial charge in [0.05, 0.1) is 5.69 Å². The molecule has 0 saturated carbocycles. The lowest BCUT2D eigenvalue weighted by Crippen LogP contribution is -2.36. The number of aryl methyl sites for hydroxylation is 1. The van der Waals surface area contributed by atoms with Gasteiger partial charge in [0.1, 0.15) is 20.8 Å². The van der Waals surface area contributed by atoms with Gasteiger partial charge in [-0.2, -0.15) is 4.57 Å². The highest BCUT2D eigenvalue weighted by Crippen LogP contribution is 2.44. The van der Waals surface area contributed by atoms with Crippen molar-refractivity contribution < 1.29 is 14.5 Å². The molecule has 1 aromatic carbocycles. The molecule has 0 bridgehead atoms. The normalized spacial score (nSPS) is 14.8. The number of thiazole rings is 1. The van der Waals surface area contributed by atoms with Crippen molar-refractivity contribution in [1.82, 2.24) is 4.57 Å². The number of carbonyl (C=O) groups is 1. The fourth-order valence-electron chi connectivity index (χ4n) is 3.30. The third-order valence-corrected chi connectivity index (χ3v) is 7.23. The average molecular weight is 456 g/mol. The maximum atomic E-state index is 13.1. The molecule has 0 N–H and O–H groups in total. The summed E-state index contributed by atoms with van der Waals surface area (Å²) in [6.07, 6.45) is 4.19. The van der Waals surface area contributed by atoms with E-state index in [0.717, 1.165) is 39.1 Å². The topological polar surface area (TPSA) is 69.2 Å². The molecule has 3 aromatic rings. The lowest BCUT2D eigenvalue weighted by Gasteiger charge is -2.11. The van der Waals surface area contributed by atoms with Gasteiger partial charge in [0, 0.05) is 42.7 Å². The fourth-order valence-corrected chi connectivity index (χ4v) is 5.77. The first-order chi connectivity index (χ1) is 14.9. The molecule has 0 atom stereocenters. The van der Waals surface area contributed by atoms with Crippen LogP contribution in [0, 0.1) is 0 Å². The van der Waals surface area contributed by atoms with E-state index in [0.29, 0.717) is 6.54 Å². The third kappa shape index (κ3) is 4.91. The van der Waals surface area contributed by atoms with E-state index in [2.05, 4.69) is 46.9 Å². The lowest BCUT2D eigenvalue weighted by molar-refractivity contribution is -0.695. The zero-order valence-electron chi connectivity index (χ0n) is 18.0. The predicted octanol–water partition coefficient (Wildman–Crippen LogP) is 1.13. The summed E-state index contributed by atoms with van der Waals surface area (Å²) in [4.78, 5) is 25.4. The maximum absolute atomic E-state index is 13.1. The molecule has 4 rings (SSSR count). The number of thioether (sulfide) groups is 1. The molecule has 0 spiro atoms. The molecular weight excluding hydrogens is 430 g/mol. The van der Waals surface area contributed by atoms with E-state index >= 15 is 0 Å². The second kappa shape index (κ2) is 9.98. The van der Waals surface area contributed by atoms with Gasteiger partial charge in [-0.25, -0.2) is 0 Å². The van der Waals surface area contributed by atoms with E-state index in [1.54, 1.807) is 23.1 Å². The van der Waals surface area contributed by atoms with Crippen molar-refractivity contribution in [1.29, 1.82) is 0 Å². The smallest absolute Gasteiger partial charge is 0.271 e. The van der Waals surface area contributed by atoms with Crippen LogP contribution >= 0.6 is 23.1 Å². The molecule has 31 heavy (non-hydrogen) atoms. The highest BCUT2D eigenvalue weighted by atomic mass is 32.2. The fraction of sp³-hybridized carbons (Fsp3) is 0.261. The van der Waals surface area contributed by atoms with Crippen LogP contribution in [0.2, 0.25) is 0 Å². The van der Waals surface area contributed by atoms with Crippen LogP contribution < -0.4 is 29.3 Å². The number of rotatable bonds is 3. The maximum Gasteiger partial charge on any atom is 0.271 e. The summed E-state index contributed by atoms with van der Waals surface area (Å²) < 4.78 is 5.86. The van der Waals surface area contributed by atoms with Crippen molar-refractivity contribution in [2.75, 3.05) is 11.9 Å². The summed E-state index contributed by atoms with van der Waals surface area (Å²) in [5.41, 5.74) is 2.36. The van der Waals surface area contributed by atoms with Gasteiger partial charge in [-0.05, 0) is 39.0 Å². The minimum Gasteiger partial charge on any atom is -0.550 e. The number of fused-ring (bicyclic) bond motifs is 1. The number of benzene rings is 1. The zero-order chi connectivity index (χ0) is 22.5. The summed E-state index contributed by atoms with van der Waals surface area (Å²) in [7, 11) is 2.04. The molecule has 0 amide bonds. The lowest BCUT2D eigenvalue weighted by atomic mass is 10.3. The summed E-state index contributed by atoms with van der Waals surface area (Å²) >= 11 is 3.26. The molecule has 0 radical (unpaired) electrons. The van der Waals surface area contributed by atoms with Crippen molar-refractivity contribution in [3.8, 4) is 0 Å². The monoisotopic (exact) mass is 455 g/mol. The standard InChI is InChI=1S/C21H22N3OS2.C2H4O2/c1-4-23-13-9-8-10-15(23)14-18-24(5-2)20(25)19(27-18)21-22(3)16-11-6-7-12-17(16)26-21;1-2(3)4/h6-14H,4-5H2,1-3H3;1H3,(H,3,4)/q+1;/p-1/b21-19-;.